The summed E-state index contributed by atoms with van der Waals surface area (Å²) in [4.78, 5) is 12.2. The number of amides is 1. The van der Waals surface area contributed by atoms with Crippen LogP contribution in [0.25, 0.3) is 0 Å². The zero-order valence-electron chi connectivity index (χ0n) is 15.5. The number of aromatic nitrogens is 3. The summed E-state index contributed by atoms with van der Waals surface area (Å²) >= 11 is 6.61. The molecule has 28 heavy (non-hydrogen) atoms. The fourth-order valence-corrected chi connectivity index (χ4v) is 4.56. The van der Waals surface area contributed by atoms with Crippen LogP contribution < -0.4 is 5.32 Å². The molecule has 1 N–H and O–H groups in total. The highest BCUT2D eigenvalue weighted by atomic mass is 79.9. The quantitative estimate of drug-likeness (QED) is 0.428. The first-order valence-corrected chi connectivity index (χ1v) is 11.8. The molecule has 0 saturated carbocycles. The van der Waals surface area contributed by atoms with Gasteiger partial charge in [0, 0.05) is 22.5 Å². The summed E-state index contributed by atoms with van der Waals surface area (Å²) in [5.41, 5.74) is 2.08. The SMILES string of the molecule is CCn1c(CSCc2ccccc2)nnc1SCC(=O)Nc1ccc(Br)cc1. The molecule has 8 heteroatoms. The zero-order chi connectivity index (χ0) is 19.8. The number of carbonyl (C=O) groups is 1. The monoisotopic (exact) mass is 476 g/mol. The molecule has 2 aromatic carbocycles. The van der Waals surface area contributed by atoms with Crippen LogP contribution in [0.1, 0.15) is 18.3 Å². The van der Waals surface area contributed by atoms with Gasteiger partial charge in [0.2, 0.25) is 5.91 Å². The Morgan fingerprint density at radius 2 is 1.82 bits per heavy atom. The molecule has 146 valence electrons. The Morgan fingerprint density at radius 3 is 2.54 bits per heavy atom. The van der Waals surface area contributed by atoms with Gasteiger partial charge in [-0.15, -0.1) is 22.0 Å². The maximum atomic E-state index is 12.2. The van der Waals surface area contributed by atoms with Crippen molar-refractivity contribution in [3.8, 4) is 0 Å². The second kappa shape index (κ2) is 10.7. The van der Waals surface area contributed by atoms with Gasteiger partial charge in [0.1, 0.15) is 5.82 Å². The maximum Gasteiger partial charge on any atom is 0.234 e. The van der Waals surface area contributed by atoms with E-state index in [9.17, 15) is 4.79 Å². The number of hydrogen-bond donors (Lipinski definition) is 1. The predicted octanol–water partition coefficient (Wildman–Crippen LogP) is 5.22. The van der Waals surface area contributed by atoms with Crippen LogP contribution >= 0.6 is 39.5 Å². The lowest BCUT2D eigenvalue weighted by Crippen LogP contribution is -2.14. The minimum Gasteiger partial charge on any atom is -0.325 e. The highest BCUT2D eigenvalue weighted by Crippen LogP contribution is 2.22. The van der Waals surface area contributed by atoms with Gasteiger partial charge in [-0.05, 0) is 36.8 Å². The van der Waals surface area contributed by atoms with Gasteiger partial charge < -0.3 is 9.88 Å². The van der Waals surface area contributed by atoms with Crippen LogP contribution in [0.2, 0.25) is 0 Å². The van der Waals surface area contributed by atoms with Crippen LogP contribution in [0.4, 0.5) is 5.69 Å². The van der Waals surface area contributed by atoms with Crippen molar-refractivity contribution in [2.75, 3.05) is 11.1 Å². The van der Waals surface area contributed by atoms with Crippen LogP contribution in [0.5, 0.6) is 0 Å². The standard InChI is InChI=1S/C20H21BrN4OS2/c1-2-25-18(13-27-12-15-6-4-3-5-7-15)23-24-20(25)28-14-19(26)22-17-10-8-16(21)9-11-17/h3-11H,2,12-14H2,1H3,(H,22,26). The molecule has 3 rings (SSSR count). The number of rotatable bonds is 9. The number of anilines is 1. The molecule has 0 atom stereocenters. The van der Waals surface area contributed by atoms with Gasteiger partial charge in [0.25, 0.3) is 0 Å². The molecular weight excluding hydrogens is 456 g/mol. The molecule has 0 bridgehead atoms. The molecule has 0 spiro atoms. The number of thioether (sulfide) groups is 2. The van der Waals surface area contributed by atoms with Crippen LogP contribution in [0.3, 0.4) is 0 Å². The van der Waals surface area contributed by atoms with Gasteiger partial charge in [-0.3, -0.25) is 4.79 Å². The lowest BCUT2D eigenvalue weighted by Gasteiger charge is -2.08. The van der Waals surface area contributed by atoms with Gasteiger partial charge in [-0.25, -0.2) is 0 Å². The summed E-state index contributed by atoms with van der Waals surface area (Å²) in [6.07, 6.45) is 0. The highest BCUT2D eigenvalue weighted by molar-refractivity contribution is 9.10. The van der Waals surface area contributed by atoms with Gasteiger partial charge >= 0.3 is 0 Å². The van der Waals surface area contributed by atoms with E-state index < -0.39 is 0 Å². The molecule has 5 nitrogen and oxygen atoms in total. The molecular formula is C20H21BrN4OS2. The summed E-state index contributed by atoms with van der Waals surface area (Å²) in [7, 11) is 0. The van der Waals surface area contributed by atoms with Gasteiger partial charge in [0.15, 0.2) is 5.16 Å². The first-order valence-electron chi connectivity index (χ1n) is 8.87. The fraction of sp³-hybridized carbons (Fsp3) is 0.250. The summed E-state index contributed by atoms with van der Waals surface area (Å²) in [5, 5.41) is 12.3. The molecule has 0 fully saturated rings. The third kappa shape index (κ3) is 6.12. The highest BCUT2D eigenvalue weighted by Gasteiger charge is 2.13. The minimum absolute atomic E-state index is 0.0574. The van der Waals surface area contributed by atoms with Crippen molar-refractivity contribution >= 4 is 51.0 Å². The largest absolute Gasteiger partial charge is 0.325 e. The van der Waals surface area contributed by atoms with Crippen molar-refractivity contribution < 1.29 is 4.79 Å². The Morgan fingerprint density at radius 1 is 1.07 bits per heavy atom. The summed E-state index contributed by atoms with van der Waals surface area (Å²) < 4.78 is 3.06. The molecule has 0 aliphatic carbocycles. The van der Waals surface area contributed by atoms with Gasteiger partial charge in [-0.2, -0.15) is 0 Å². The molecule has 0 aliphatic rings. The van der Waals surface area contributed by atoms with Crippen molar-refractivity contribution in [2.24, 2.45) is 0 Å². The molecule has 3 aromatic rings. The Hall–Kier alpha value is -1.77. The molecule has 0 aliphatic heterocycles. The van der Waals surface area contributed by atoms with Crippen molar-refractivity contribution in [1.29, 1.82) is 0 Å². The van der Waals surface area contributed by atoms with E-state index in [1.165, 1.54) is 17.3 Å². The lowest BCUT2D eigenvalue weighted by atomic mass is 10.2. The Labute approximate surface area is 181 Å². The molecule has 0 unspecified atom stereocenters. The Balaban J connectivity index is 1.51. The van der Waals surface area contributed by atoms with Gasteiger partial charge in [-0.1, -0.05) is 58.0 Å². The molecule has 1 amide bonds. The van der Waals surface area contributed by atoms with E-state index in [2.05, 4.69) is 67.2 Å². The van der Waals surface area contributed by atoms with E-state index in [0.717, 1.165) is 39.2 Å². The number of carbonyl (C=O) groups excluding carboxylic acids is 1. The van der Waals surface area contributed by atoms with Crippen LogP contribution in [0.15, 0.2) is 64.2 Å². The lowest BCUT2D eigenvalue weighted by molar-refractivity contribution is -0.113. The number of nitrogens with zero attached hydrogens (tertiary/aromatic N) is 3. The van der Waals surface area contributed by atoms with E-state index in [1.54, 1.807) is 0 Å². The van der Waals surface area contributed by atoms with Crippen molar-refractivity contribution in [2.45, 2.75) is 30.1 Å². The normalized spacial score (nSPS) is 10.8. The fourth-order valence-electron chi connectivity index (χ4n) is 2.55. The number of benzene rings is 2. The average molecular weight is 477 g/mol. The Bertz CT molecular complexity index is 900. The average Bonchev–Trinajstić information content (AvgIpc) is 3.11. The topological polar surface area (TPSA) is 59.8 Å². The van der Waals surface area contributed by atoms with Crippen LogP contribution in [-0.2, 0) is 22.8 Å². The van der Waals surface area contributed by atoms with E-state index in [-0.39, 0.29) is 5.91 Å². The van der Waals surface area contributed by atoms with E-state index >= 15 is 0 Å². The van der Waals surface area contributed by atoms with Crippen LogP contribution in [0, 0.1) is 0 Å². The third-order valence-electron chi connectivity index (χ3n) is 3.91. The molecule has 1 heterocycles. The second-order valence-corrected chi connectivity index (χ2v) is 8.81. The maximum absolute atomic E-state index is 12.2. The van der Waals surface area contributed by atoms with Crippen molar-refractivity contribution in [3.05, 3.63) is 70.5 Å². The molecule has 1 aromatic heterocycles. The first kappa shape index (κ1) is 21.0. The molecule has 0 radical (unpaired) electrons. The van der Waals surface area contributed by atoms with E-state index in [0.29, 0.717) is 5.75 Å². The number of hydrogen-bond acceptors (Lipinski definition) is 5. The van der Waals surface area contributed by atoms with Crippen molar-refractivity contribution in [1.82, 2.24) is 14.8 Å². The molecule has 0 saturated heterocycles. The summed E-state index contributed by atoms with van der Waals surface area (Å²) in [6, 6.07) is 17.9. The number of halogens is 1. The third-order valence-corrected chi connectivity index (χ3v) is 6.41. The smallest absolute Gasteiger partial charge is 0.234 e. The predicted molar refractivity (Wildman–Crippen MR) is 121 cm³/mol. The second-order valence-electron chi connectivity index (χ2n) is 5.97. The van der Waals surface area contributed by atoms with Crippen molar-refractivity contribution in [3.63, 3.8) is 0 Å². The number of nitrogens with one attached hydrogen (secondary N) is 1. The zero-order valence-corrected chi connectivity index (χ0v) is 18.7. The van der Waals surface area contributed by atoms with E-state index in [1.807, 2.05) is 42.1 Å². The summed E-state index contributed by atoms with van der Waals surface area (Å²) in [5.74, 6) is 2.92. The first-order chi connectivity index (χ1) is 13.7. The summed E-state index contributed by atoms with van der Waals surface area (Å²) in [6.45, 7) is 2.85. The van der Waals surface area contributed by atoms with Crippen LogP contribution in [-0.4, -0.2) is 26.4 Å². The van der Waals surface area contributed by atoms with Gasteiger partial charge in [0.05, 0.1) is 11.5 Å². The minimum atomic E-state index is -0.0574. The Kier molecular flexibility index (Phi) is 8.00. The van der Waals surface area contributed by atoms with E-state index in [4.69, 9.17) is 0 Å².